The van der Waals surface area contributed by atoms with Crippen molar-refractivity contribution in [2.24, 2.45) is 0 Å². The van der Waals surface area contributed by atoms with Crippen molar-refractivity contribution in [1.29, 1.82) is 0 Å². The lowest BCUT2D eigenvalue weighted by Crippen LogP contribution is -2.26. The molecule has 0 aliphatic carbocycles. The fourth-order valence-corrected chi connectivity index (χ4v) is 2.66. The molecule has 0 fully saturated rings. The van der Waals surface area contributed by atoms with Gasteiger partial charge in [0, 0.05) is 11.0 Å². The van der Waals surface area contributed by atoms with Crippen molar-refractivity contribution in [2.45, 2.75) is 30.6 Å². The van der Waals surface area contributed by atoms with E-state index in [1.807, 2.05) is 13.8 Å². The van der Waals surface area contributed by atoms with Gasteiger partial charge in [-0.3, -0.25) is 0 Å². The molecular formula is C11H12ClO4S-. The molecule has 94 valence electrons. The Labute approximate surface area is 105 Å². The molecule has 0 saturated heterocycles. The van der Waals surface area contributed by atoms with Gasteiger partial charge in [0.2, 0.25) is 0 Å². The lowest BCUT2D eigenvalue weighted by molar-refractivity contribution is 0.247. The van der Waals surface area contributed by atoms with Crippen LogP contribution >= 0.6 is 11.6 Å². The number of alkyl halides is 1. The first-order valence-electron chi connectivity index (χ1n) is 5.08. The molecule has 4 nitrogen and oxygen atoms in total. The number of hydrogen-bond donors (Lipinski definition) is 0. The van der Waals surface area contributed by atoms with Crippen molar-refractivity contribution in [3.05, 3.63) is 29.3 Å². The summed E-state index contributed by atoms with van der Waals surface area (Å²) in [5, 5.41) is 0. The lowest BCUT2D eigenvalue weighted by Gasteiger charge is -2.20. The fraction of sp³-hybridized carbons (Fsp3) is 0.455. The van der Waals surface area contributed by atoms with Crippen LogP contribution in [0.5, 0.6) is 5.75 Å². The summed E-state index contributed by atoms with van der Waals surface area (Å²) in [5.41, 5.74) is 0.399. The Hall–Kier alpha value is -0.780. The molecule has 1 unspecified atom stereocenters. The molecule has 17 heavy (non-hydrogen) atoms. The van der Waals surface area contributed by atoms with Gasteiger partial charge in [0.05, 0.1) is 15.9 Å². The molecule has 1 aromatic rings. The summed E-state index contributed by atoms with van der Waals surface area (Å²) in [6, 6.07) is 4.90. The average Bonchev–Trinajstić information content (AvgIpc) is 2.37. The van der Waals surface area contributed by atoms with Crippen molar-refractivity contribution < 1.29 is 17.7 Å². The summed E-state index contributed by atoms with van der Waals surface area (Å²) in [5.74, 6) is 0.130. The maximum absolute atomic E-state index is 10.7. The minimum atomic E-state index is -4.27. The van der Waals surface area contributed by atoms with Gasteiger partial charge in [0.1, 0.15) is 5.75 Å². The second-order valence-corrected chi connectivity index (χ2v) is 6.49. The zero-order chi connectivity index (χ0) is 12.8. The first-order chi connectivity index (χ1) is 7.70. The number of benzene rings is 1. The van der Waals surface area contributed by atoms with Crippen molar-refractivity contribution >= 4 is 21.7 Å². The fourth-order valence-electron chi connectivity index (χ4n) is 1.86. The summed E-state index contributed by atoms with van der Waals surface area (Å²) in [6.07, 6.45) is 0. The van der Waals surface area contributed by atoms with E-state index in [0.717, 1.165) is 5.56 Å². The van der Waals surface area contributed by atoms with Gasteiger partial charge < -0.3 is 9.29 Å². The molecule has 1 heterocycles. The molecule has 1 aromatic carbocycles. The van der Waals surface area contributed by atoms with E-state index in [-0.39, 0.29) is 0 Å². The van der Waals surface area contributed by atoms with Crippen LogP contribution < -0.4 is 4.74 Å². The quantitative estimate of drug-likeness (QED) is 0.611. The Bertz CT molecular complexity index is 551. The maximum Gasteiger partial charge on any atom is 0.181 e. The molecule has 1 aliphatic heterocycles. The van der Waals surface area contributed by atoms with Crippen LogP contribution in [0.25, 0.3) is 0 Å². The van der Waals surface area contributed by atoms with Gasteiger partial charge in [-0.2, -0.15) is 0 Å². The van der Waals surface area contributed by atoms with Crippen LogP contribution in [0, 0.1) is 0 Å². The number of rotatable bonds is 2. The van der Waals surface area contributed by atoms with Gasteiger partial charge in [-0.15, -0.1) is 0 Å². The standard InChI is InChI=1S/C11H13ClO4S/c1-11(2)8-5-7(6-17(13,14)15)3-4-9(8)16-10(11)12/h3-5,10H,6H2,1-2H3,(H,13,14,15)/p-1. The first kappa shape index (κ1) is 12.7. The molecule has 0 spiro atoms. The topological polar surface area (TPSA) is 66.4 Å². The van der Waals surface area contributed by atoms with E-state index < -0.39 is 26.8 Å². The Kier molecular flexibility index (Phi) is 2.88. The van der Waals surface area contributed by atoms with Gasteiger partial charge >= 0.3 is 0 Å². The number of halogens is 1. The Morgan fingerprint density at radius 2 is 2.12 bits per heavy atom. The van der Waals surface area contributed by atoms with Gasteiger partial charge in [-0.1, -0.05) is 37.6 Å². The van der Waals surface area contributed by atoms with Gasteiger partial charge in [-0.05, 0) is 11.6 Å². The van der Waals surface area contributed by atoms with E-state index in [0.29, 0.717) is 11.3 Å². The number of hydrogen-bond acceptors (Lipinski definition) is 4. The molecule has 6 heteroatoms. The van der Waals surface area contributed by atoms with Gasteiger partial charge in [0.25, 0.3) is 0 Å². The van der Waals surface area contributed by atoms with E-state index in [2.05, 4.69) is 0 Å². The lowest BCUT2D eigenvalue weighted by atomic mass is 9.86. The molecule has 0 saturated carbocycles. The summed E-state index contributed by atoms with van der Waals surface area (Å²) in [7, 11) is -4.27. The molecule has 0 aromatic heterocycles. The Morgan fingerprint density at radius 1 is 1.47 bits per heavy atom. The largest absolute Gasteiger partial charge is 0.748 e. The van der Waals surface area contributed by atoms with Crippen LogP contribution in [0.4, 0.5) is 0 Å². The third-order valence-electron chi connectivity index (χ3n) is 2.88. The van der Waals surface area contributed by atoms with Crippen molar-refractivity contribution in [3.8, 4) is 5.75 Å². The molecule has 0 bridgehead atoms. The second kappa shape index (κ2) is 3.86. The van der Waals surface area contributed by atoms with Crippen LogP contribution in [0.2, 0.25) is 0 Å². The first-order valence-corrected chi connectivity index (χ1v) is 7.09. The minimum absolute atomic E-state index is 0.403. The maximum atomic E-state index is 10.7. The van der Waals surface area contributed by atoms with Gasteiger partial charge in [0.15, 0.2) is 5.56 Å². The van der Waals surface area contributed by atoms with Crippen LogP contribution in [0.3, 0.4) is 0 Å². The summed E-state index contributed by atoms with van der Waals surface area (Å²) in [4.78, 5) is 0. The molecule has 1 aliphatic rings. The molecule has 0 radical (unpaired) electrons. The van der Waals surface area contributed by atoms with E-state index in [1.165, 1.54) is 0 Å². The van der Waals surface area contributed by atoms with E-state index >= 15 is 0 Å². The normalized spacial score (nSPS) is 22.0. The second-order valence-electron chi connectivity index (χ2n) is 4.69. The van der Waals surface area contributed by atoms with Crippen LogP contribution in [-0.4, -0.2) is 18.5 Å². The van der Waals surface area contributed by atoms with Crippen LogP contribution in [-0.2, 0) is 21.3 Å². The van der Waals surface area contributed by atoms with E-state index in [1.54, 1.807) is 18.2 Å². The zero-order valence-electron chi connectivity index (χ0n) is 9.44. The van der Waals surface area contributed by atoms with Gasteiger partial charge in [-0.25, -0.2) is 8.42 Å². The summed E-state index contributed by atoms with van der Waals surface area (Å²) in [6.45, 7) is 3.82. The SMILES string of the molecule is CC1(C)c2cc(CS(=O)(=O)[O-])ccc2OC1Cl. The summed E-state index contributed by atoms with van der Waals surface area (Å²) >= 11 is 6.05. The zero-order valence-corrected chi connectivity index (χ0v) is 11.0. The van der Waals surface area contributed by atoms with Crippen LogP contribution in [0.1, 0.15) is 25.0 Å². The highest BCUT2D eigenvalue weighted by atomic mass is 35.5. The highest BCUT2D eigenvalue weighted by Gasteiger charge is 2.40. The molecule has 1 atom stereocenters. The average molecular weight is 276 g/mol. The molecule has 0 amide bonds. The van der Waals surface area contributed by atoms with Crippen molar-refractivity contribution in [3.63, 3.8) is 0 Å². The third-order valence-corrected chi connectivity index (χ3v) is 4.20. The predicted molar refractivity (Wildman–Crippen MR) is 63.1 cm³/mol. The molecular weight excluding hydrogens is 264 g/mol. The minimum Gasteiger partial charge on any atom is -0.748 e. The van der Waals surface area contributed by atoms with Crippen molar-refractivity contribution in [1.82, 2.24) is 0 Å². The predicted octanol–water partition coefficient (Wildman–Crippen LogP) is 1.97. The van der Waals surface area contributed by atoms with E-state index in [9.17, 15) is 13.0 Å². The Morgan fingerprint density at radius 3 is 2.71 bits per heavy atom. The van der Waals surface area contributed by atoms with Crippen LogP contribution in [0.15, 0.2) is 18.2 Å². The highest BCUT2D eigenvalue weighted by molar-refractivity contribution is 7.84. The summed E-state index contributed by atoms with van der Waals surface area (Å²) < 4.78 is 37.6. The third kappa shape index (κ3) is 2.41. The Balaban J connectivity index is 2.42. The monoisotopic (exact) mass is 275 g/mol. The number of fused-ring (bicyclic) bond motifs is 1. The number of ether oxygens (including phenoxy) is 1. The highest BCUT2D eigenvalue weighted by Crippen LogP contribution is 2.44. The molecule has 0 N–H and O–H groups in total. The van der Waals surface area contributed by atoms with E-state index in [4.69, 9.17) is 16.3 Å². The molecule has 2 rings (SSSR count). The van der Waals surface area contributed by atoms with Crippen molar-refractivity contribution in [2.75, 3.05) is 0 Å². The smallest absolute Gasteiger partial charge is 0.181 e.